The van der Waals surface area contributed by atoms with E-state index >= 15 is 0 Å². The van der Waals surface area contributed by atoms with Crippen molar-refractivity contribution in [3.05, 3.63) is 0 Å². The summed E-state index contributed by atoms with van der Waals surface area (Å²) in [5.74, 6) is 1.09. The molecule has 1 saturated heterocycles. The lowest BCUT2D eigenvalue weighted by Crippen LogP contribution is -2.43. The normalized spacial score (nSPS) is 28.3. The van der Waals surface area contributed by atoms with E-state index in [0.29, 0.717) is 18.4 Å². The van der Waals surface area contributed by atoms with Crippen molar-refractivity contribution in [2.75, 3.05) is 26.9 Å². The Kier molecular flexibility index (Phi) is 7.12. The largest absolute Gasteiger partial charge is 0.381 e. The van der Waals surface area contributed by atoms with Gasteiger partial charge in [0.2, 0.25) is 0 Å². The lowest BCUT2D eigenvalue weighted by Gasteiger charge is -2.32. The zero-order chi connectivity index (χ0) is 15.9. The molecule has 0 N–H and O–H groups in total. The fraction of sp³-hybridized carbons (Fsp3) is 0.941. The van der Waals surface area contributed by atoms with Gasteiger partial charge < -0.3 is 9.47 Å². The van der Waals surface area contributed by atoms with Crippen LogP contribution in [0, 0.1) is 11.8 Å². The number of ether oxygens (including phenoxy) is 2. The van der Waals surface area contributed by atoms with Gasteiger partial charge in [-0.15, -0.1) is 0 Å². The van der Waals surface area contributed by atoms with Crippen LogP contribution in [-0.2, 0) is 19.1 Å². The van der Waals surface area contributed by atoms with E-state index in [-0.39, 0.29) is 12.0 Å². The Hall–Kier alpha value is -0.650. The zero-order valence-corrected chi connectivity index (χ0v) is 14.3. The molecule has 2 aliphatic rings. The van der Waals surface area contributed by atoms with Crippen LogP contribution in [0.1, 0.15) is 52.4 Å². The van der Waals surface area contributed by atoms with Crippen LogP contribution < -0.4 is 0 Å². The molecule has 22 heavy (non-hydrogen) atoms. The molecular weight excluding hydrogens is 282 g/mol. The average molecular weight is 313 g/mol. The van der Waals surface area contributed by atoms with Crippen molar-refractivity contribution in [3.8, 4) is 0 Å². The summed E-state index contributed by atoms with van der Waals surface area (Å²) in [4.78, 5) is 17.9. The Morgan fingerprint density at radius 1 is 1.27 bits per heavy atom. The molecule has 0 unspecified atom stereocenters. The third-order valence-corrected chi connectivity index (χ3v) is 4.86. The van der Waals surface area contributed by atoms with E-state index < -0.39 is 6.10 Å². The van der Waals surface area contributed by atoms with Crippen molar-refractivity contribution in [1.29, 1.82) is 0 Å². The Bertz CT molecular complexity index is 344. The van der Waals surface area contributed by atoms with Gasteiger partial charge in [0.15, 0.2) is 0 Å². The number of amides is 1. The maximum atomic E-state index is 12.5. The van der Waals surface area contributed by atoms with Gasteiger partial charge in [-0.05, 0) is 44.4 Å². The summed E-state index contributed by atoms with van der Waals surface area (Å²) in [6.07, 6.45) is 6.35. The molecule has 1 aliphatic carbocycles. The molecule has 5 nitrogen and oxygen atoms in total. The van der Waals surface area contributed by atoms with Crippen molar-refractivity contribution in [2.24, 2.45) is 11.8 Å². The molecule has 1 heterocycles. The fourth-order valence-corrected chi connectivity index (χ4v) is 3.47. The maximum absolute atomic E-state index is 12.5. The summed E-state index contributed by atoms with van der Waals surface area (Å²) < 4.78 is 11.4. The number of nitrogens with zero attached hydrogens (tertiary/aromatic N) is 1. The Balaban J connectivity index is 1.81. The van der Waals surface area contributed by atoms with E-state index in [0.717, 1.165) is 38.9 Å². The molecule has 1 amide bonds. The molecule has 1 aliphatic heterocycles. The van der Waals surface area contributed by atoms with E-state index in [9.17, 15) is 4.79 Å². The first-order valence-corrected chi connectivity index (χ1v) is 8.68. The van der Waals surface area contributed by atoms with Crippen LogP contribution >= 0.6 is 0 Å². The van der Waals surface area contributed by atoms with Gasteiger partial charge in [-0.2, -0.15) is 0 Å². The van der Waals surface area contributed by atoms with E-state index in [1.54, 1.807) is 7.11 Å². The van der Waals surface area contributed by atoms with Crippen LogP contribution in [0.25, 0.3) is 0 Å². The quantitative estimate of drug-likeness (QED) is 0.708. The van der Waals surface area contributed by atoms with Crippen molar-refractivity contribution in [1.82, 2.24) is 5.06 Å². The maximum Gasteiger partial charge on any atom is 0.274 e. The molecule has 0 aromatic rings. The molecule has 1 saturated carbocycles. The highest BCUT2D eigenvalue weighted by atomic mass is 16.7. The molecule has 0 aromatic carbocycles. The highest BCUT2D eigenvalue weighted by molar-refractivity contribution is 5.79. The third kappa shape index (κ3) is 5.21. The molecule has 0 spiro atoms. The highest BCUT2D eigenvalue weighted by Gasteiger charge is 2.29. The lowest BCUT2D eigenvalue weighted by molar-refractivity contribution is -0.195. The molecule has 5 heteroatoms. The molecular formula is C17H31NO4. The zero-order valence-electron chi connectivity index (χ0n) is 14.3. The molecule has 0 radical (unpaired) electrons. The third-order valence-electron chi connectivity index (χ3n) is 4.86. The van der Waals surface area contributed by atoms with Crippen molar-refractivity contribution in [3.63, 3.8) is 0 Å². The number of hydroxylamine groups is 2. The standard InChI is InChI=1S/C17H31NO4/c1-13-5-4-6-16(11-13)22-14(2)17(19)18(20-3)12-15-7-9-21-10-8-15/h13-16H,4-12H2,1-3H3/t13-,14-,16-/m0/s1. The van der Waals surface area contributed by atoms with E-state index in [2.05, 4.69) is 6.92 Å². The fourth-order valence-electron chi connectivity index (χ4n) is 3.47. The van der Waals surface area contributed by atoms with Crippen molar-refractivity contribution < 1.29 is 19.1 Å². The van der Waals surface area contributed by atoms with Gasteiger partial charge in [-0.1, -0.05) is 19.8 Å². The predicted molar refractivity (Wildman–Crippen MR) is 84.2 cm³/mol. The minimum atomic E-state index is -0.435. The smallest absolute Gasteiger partial charge is 0.274 e. The SMILES string of the molecule is CON(CC1CCOCC1)C(=O)[C@H](C)O[C@H]1CCC[C@H](C)C1. The second kappa shape index (κ2) is 8.85. The molecule has 128 valence electrons. The number of hydrogen-bond donors (Lipinski definition) is 0. The summed E-state index contributed by atoms with van der Waals surface area (Å²) >= 11 is 0. The average Bonchev–Trinajstić information content (AvgIpc) is 2.53. The van der Waals surface area contributed by atoms with Gasteiger partial charge in [0, 0.05) is 13.2 Å². The van der Waals surface area contributed by atoms with Gasteiger partial charge in [0.25, 0.3) is 5.91 Å². The van der Waals surface area contributed by atoms with Gasteiger partial charge in [-0.3, -0.25) is 9.63 Å². The first-order valence-electron chi connectivity index (χ1n) is 8.68. The minimum Gasteiger partial charge on any atom is -0.381 e. The molecule has 2 fully saturated rings. The highest BCUT2D eigenvalue weighted by Crippen LogP contribution is 2.27. The first kappa shape index (κ1) is 17.7. The minimum absolute atomic E-state index is 0.0628. The number of carbonyl (C=O) groups excluding carboxylic acids is 1. The topological polar surface area (TPSA) is 48.0 Å². The molecule has 3 atom stereocenters. The van der Waals surface area contributed by atoms with Crippen LogP contribution in [0.4, 0.5) is 0 Å². The van der Waals surface area contributed by atoms with Crippen LogP contribution in [0.5, 0.6) is 0 Å². The predicted octanol–water partition coefficient (Wildman–Crippen LogP) is 2.79. The van der Waals surface area contributed by atoms with Crippen molar-refractivity contribution >= 4 is 5.91 Å². The summed E-state index contributed by atoms with van der Waals surface area (Å²) in [7, 11) is 1.56. The van der Waals surface area contributed by atoms with E-state index in [1.165, 1.54) is 17.9 Å². The summed E-state index contributed by atoms with van der Waals surface area (Å²) in [6, 6.07) is 0. The summed E-state index contributed by atoms with van der Waals surface area (Å²) in [5.41, 5.74) is 0. The van der Waals surface area contributed by atoms with Crippen LogP contribution in [0.2, 0.25) is 0 Å². The van der Waals surface area contributed by atoms with Gasteiger partial charge in [-0.25, -0.2) is 5.06 Å². The van der Waals surface area contributed by atoms with Crippen molar-refractivity contribution in [2.45, 2.75) is 64.6 Å². The van der Waals surface area contributed by atoms with E-state index in [1.807, 2.05) is 6.92 Å². The van der Waals surface area contributed by atoms with E-state index in [4.69, 9.17) is 14.3 Å². The van der Waals surface area contributed by atoms with Gasteiger partial charge in [0.05, 0.1) is 19.8 Å². The second-order valence-electron chi connectivity index (χ2n) is 6.81. The first-order chi connectivity index (χ1) is 10.6. The molecule has 0 aromatic heterocycles. The second-order valence-corrected chi connectivity index (χ2v) is 6.81. The summed E-state index contributed by atoms with van der Waals surface area (Å²) in [6.45, 7) is 6.30. The molecule has 2 rings (SSSR count). The van der Waals surface area contributed by atoms with Crippen LogP contribution in [0.3, 0.4) is 0 Å². The van der Waals surface area contributed by atoms with Crippen LogP contribution in [-0.4, -0.2) is 50.0 Å². The molecule has 0 bridgehead atoms. The Labute approximate surface area is 134 Å². The monoisotopic (exact) mass is 313 g/mol. The Morgan fingerprint density at radius 3 is 2.64 bits per heavy atom. The number of hydrogen-bond acceptors (Lipinski definition) is 4. The Morgan fingerprint density at radius 2 is 2.00 bits per heavy atom. The summed E-state index contributed by atoms with van der Waals surface area (Å²) in [5, 5.41) is 1.48. The van der Waals surface area contributed by atoms with Crippen LogP contribution in [0.15, 0.2) is 0 Å². The van der Waals surface area contributed by atoms with Gasteiger partial charge in [0.1, 0.15) is 6.10 Å². The lowest BCUT2D eigenvalue weighted by atomic mass is 9.88. The number of rotatable bonds is 6. The number of carbonyl (C=O) groups is 1. The van der Waals surface area contributed by atoms with Gasteiger partial charge >= 0.3 is 0 Å².